The number of nitrogens with zero attached hydrogens (tertiary/aromatic N) is 1. The largest absolute Gasteiger partial charge is 0.409 e. The molecule has 1 rings (SSSR count). The summed E-state index contributed by atoms with van der Waals surface area (Å²) in [4.78, 5) is 0. The summed E-state index contributed by atoms with van der Waals surface area (Å²) in [7, 11) is 0. The zero-order valence-electron chi connectivity index (χ0n) is 11.7. The van der Waals surface area contributed by atoms with Gasteiger partial charge in [0, 0.05) is 6.42 Å². The van der Waals surface area contributed by atoms with Crippen LogP contribution in [-0.2, 0) is 0 Å². The van der Waals surface area contributed by atoms with E-state index in [0.29, 0.717) is 18.2 Å². The second-order valence-electron chi connectivity index (χ2n) is 4.90. The van der Waals surface area contributed by atoms with Crippen molar-refractivity contribution >= 4 is 5.84 Å². The maximum Gasteiger partial charge on any atom is 0.139 e. The van der Waals surface area contributed by atoms with Crippen LogP contribution in [0.1, 0.15) is 44.1 Å². The van der Waals surface area contributed by atoms with Crippen molar-refractivity contribution < 1.29 is 5.21 Å². The second kappa shape index (κ2) is 9.39. The maximum atomic E-state index is 8.39. The van der Waals surface area contributed by atoms with Crippen LogP contribution in [0.3, 0.4) is 0 Å². The van der Waals surface area contributed by atoms with Crippen LogP contribution >= 0.6 is 0 Å². The molecule has 0 aliphatic carbocycles. The lowest BCUT2D eigenvalue weighted by molar-refractivity contribution is 0.316. The quantitative estimate of drug-likeness (QED) is 0.211. The van der Waals surface area contributed by atoms with Gasteiger partial charge < -0.3 is 16.3 Å². The van der Waals surface area contributed by atoms with Crippen LogP contribution in [-0.4, -0.2) is 24.1 Å². The third-order valence-corrected chi connectivity index (χ3v) is 3.29. The highest BCUT2D eigenvalue weighted by molar-refractivity contribution is 5.79. The highest BCUT2D eigenvalue weighted by Crippen LogP contribution is 2.17. The summed E-state index contributed by atoms with van der Waals surface area (Å²) in [6.07, 6.45) is 3.82. The van der Waals surface area contributed by atoms with Crippen LogP contribution in [0.25, 0.3) is 0 Å². The molecule has 1 unspecified atom stereocenters. The Hall–Kier alpha value is -1.55. The van der Waals surface area contributed by atoms with Gasteiger partial charge >= 0.3 is 0 Å². The van der Waals surface area contributed by atoms with E-state index in [4.69, 9.17) is 10.9 Å². The molecule has 0 aromatic heterocycles. The standard InChI is InChI=1S/C15H25N3O/c1-13(14-7-3-2-4-8-14)10-12-17-11-6-5-9-15(16)18-19/h2-4,7-8,13,17,19H,5-6,9-12H2,1H3,(H2,16,18). The summed E-state index contributed by atoms with van der Waals surface area (Å²) in [6.45, 7) is 4.27. The van der Waals surface area contributed by atoms with Crippen LogP contribution in [0, 0.1) is 0 Å². The molecular formula is C15H25N3O. The Morgan fingerprint density at radius 2 is 2.00 bits per heavy atom. The summed E-state index contributed by atoms with van der Waals surface area (Å²) in [5, 5.41) is 14.8. The number of amidine groups is 1. The Morgan fingerprint density at radius 3 is 2.68 bits per heavy atom. The van der Waals surface area contributed by atoms with E-state index in [0.717, 1.165) is 32.4 Å². The van der Waals surface area contributed by atoms with Crippen molar-refractivity contribution in [1.82, 2.24) is 5.32 Å². The fourth-order valence-corrected chi connectivity index (χ4v) is 2.00. The van der Waals surface area contributed by atoms with Gasteiger partial charge in [-0.15, -0.1) is 0 Å². The molecular weight excluding hydrogens is 238 g/mol. The minimum absolute atomic E-state index is 0.317. The van der Waals surface area contributed by atoms with E-state index in [-0.39, 0.29) is 0 Å². The molecule has 1 aromatic carbocycles. The topological polar surface area (TPSA) is 70.6 Å². The third kappa shape index (κ3) is 6.82. The molecule has 4 nitrogen and oxygen atoms in total. The summed E-state index contributed by atoms with van der Waals surface area (Å²) in [6, 6.07) is 10.6. The molecule has 0 fully saturated rings. The van der Waals surface area contributed by atoms with Crippen molar-refractivity contribution in [3.8, 4) is 0 Å². The van der Waals surface area contributed by atoms with Crippen LogP contribution < -0.4 is 11.1 Å². The van der Waals surface area contributed by atoms with Gasteiger partial charge in [0.1, 0.15) is 5.84 Å². The molecule has 4 N–H and O–H groups in total. The van der Waals surface area contributed by atoms with Crippen LogP contribution in [0.4, 0.5) is 0 Å². The predicted octanol–water partition coefficient (Wildman–Crippen LogP) is 2.69. The molecule has 0 aliphatic heterocycles. The van der Waals surface area contributed by atoms with E-state index in [1.165, 1.54) is 5.56 Å². The zero-order valence-corrected chi connectivity index (χ0v) is 11.7. The van der Waals surface area contributed by atoms with Crippen molar-refractivity contribution in [2.75, 3.05) is 13.1 Å². The Balaban J connectivity index is 2.02. The van der Waals surface area contributed by atoms with Gasteiger partial charge in [-0.05, 0) is 43.8 Å². The molecule has 106 valence electrons. The van der Waals surface area contributed by atoms with Gasteiger partial charge in [0.05, 0.1) is 0 Å². The number of benzene rings is 1. The van der Waals surface area contributed by atoms with Crippen LogP contribution in [0.15, 0.2) is 35.5 Å². The Bertz CT molecular complexity index is 365. The lowest BCUT2D eigenvalue weighted by atomic mass is 9.98. The van der Waals surface area contributed by atoms with Crippen molar-refractivity contribution in [3.05, 3.63) is 35.9 Å². The number of nitrogens with two attached hydrogens (primary N) is 1. The third-order valence-electron chi connectivity index (χ3n) is 3.29. The first-order chi connectivity index (χ1) is 9.24. The molecule has 19 heavy (non-hydrogen) atoms. The normalized spacial score (nSPS) is 13.4. The smallest absolute Gasteiger partial charge is 0.139 e. The van der Waals surface area contributed by atoms with E-state index in [9.17, 15) is 0 Å². The van der Waals surface area contributed by atoms with E-state index in [2.05, 4.69) is 47.7 Å². The molecule has 1 aromatic rings. The SMILES string of the molecule is CC(CCNCCCCC(N)=NO)c1ccccc1. The summed E-state index contributed by atoms with van der Waals surface area (Å²) in [5.74, 6) is 0.906. The van der Waals surface area contributed by atoms with Gasteiger partial charge in [-0.25, -0.2) is 0 Å². The Labute approximate surface area is 115 Å². The number of hydrogen-bond acceptors (Lipinski definition) is 3. The lowest BCUT2D eigenvalue weighted by Crippen LogP contribution is -2.19. The molecule has 0 saturated carbocycles. The number of rotatable bonds is 9. The molecule has 0 bridgehead atoms. The van der Waals surface area contributed by atoms with Gasteiger partial charge in [-0.2, -0.15) is 0 Å². The van der Waals surface area contributed by atoms with Crippen molar-refractivity contribution in [2.45, 2.75) is 38.5 Å². The predicted molar refractivity (Wildman–Crippen MR) is 79.6 cm³/mol. The summed E-state index contributed by atoms with van der Waals surface area (Å²) < 4.78 is 0. The average Bonchev–Trinajstić information content (AvgIpc) is 2.46. The first-order valence-electron chi connectivity index (χ1n) is 6.96. The summed E-state index contributed by atoms with van der Waals surface area (Å²) >= 11 is 0. The van der Waals surface area contributed by atoms with Crippen molar-refractivity contribution in [3.63, 3.8) is 0 Å². The van der Waals surface area contributed by atoms with Gasteiger partial charge in [0.25, 0.3) is 0 Å². The highest BCUT2D eigenvalue weighted by atomic mass is 16.4. The van der Waals surface area contributed by atoms with Crippen molar-refractivity contribution in [2.24, 2.45) is 10.9 Å². The fourth-order valence-electron chi connectivity index (χ4n) is 2.00. The van der Waals surface area contributed by atoms with Crippen LogP contribution in [0.5, 0.6) is 0 Å². The molecule has 0 heterocycles. The molecule has 0 spiro atoms. The van der Waals surface area contributed by atoms with Gasteiger partial charge in [-0.3, -0.25) is 0 Å². The maximum absolute atomic E-state index is 8.39. The van der Waals surface area contributed by atoms with E-state index in [1.54, 1.807) is 0 Å². The monoisotopic (exact) mass is 263 g/mol. The Morgan fingerprint density at radius 1 is 1.26 bits per heavy atom. The first kappa shape index (κ1) is 15.5. The van der Waals surface area contributed by atoms with Crippen LogP contribution in [0.2, 0.25) is 0 Å². The number of nitrogens with one attached hydrogen (secondary N) is 1. The molecule has 0 aliphatic rings. The Kier molecular flexibility index (Phi) is 7.66. The zero-order chi connectivity index (χ0) is 13.9. The lowest BCUT2D eigenvalue weighted by Gasteiger charge is -2.12. The molecule has 0 saturated heterocycles. The molecule has 0 amide bonds. The minimum atomic E-state index is 0.317. The van der Waals surface area contributed by atoms with Gasteiger partial charge in [0.2, 0.25) is 0 Å². The number of hydrogen-bond donors (Lipinski definition) is 3. The first-order valence-corrected chi connectivity index (χ1v) is 6.96. The van der Waals surface area contributed by atoms with E-state index < -0.39 is 0 Å². The summed E-state index contributed by atoms with van der Waals surface area (Å²) in [5.41, 5.74) is 6.80. The number of unbranched alkanes of at least 4 members (excludes halogenated alkanes) is 1. The second-order valence-corrected chi connectivity index (χ2v) is 4.90. The molecule has 0 radical (unpaired) electrons. The number of oxime groups is 1. The highest BCUT2D eigenvalue weighted by Gasteiger charge is 2.03. The van der Waals surface area contributed by atoms with Crippen molar-refractivity contribution in [1.29, 1.82) is 0 Å². The van der Waals surface area contributed by atoms with Gasteiger partial charge in [-0.1, -0.05) is 42.4 Å². The average molecular weight is 263 g/mol. The van der Waals surface area contributed by atoms with Gasteiger partial charge in [0.15, 0.2) is 0 Å². The van der Waals surface area contributed by atoms with E-state index >= 15 is 0 Å². The molecule has 4 heteroatoms. The minimum Gasteiger partial charge on any atom is -0.409 e. The fraction of sp³-hybridized carbons (Fsp3) is 0.533. The molecule has 1 atom stereocenters. The van der Waals surface area contributed by atoms with E-state index in [1.807, 2.05) is 0 Å².